The summed E-state index contributed by atoms with van der Waals surface area (Å²) in [5, 5.41) is 3.25. The molecule has 1 aromatic rings. The predicted octanol–water partition coefficient (Wildman–Crippen LogP) is 1.82. The lowest BCUT2D eigenvalue weighted by atomic mass is 9.89. The summed E-state index contributed by atoms with van der Waals surface area (Å²) in [6.45, 7) is 4.92. The quantitative estimate of drug-likeness (QED) is 0.629. The number of nitrogens with zero attached hydrogens (tertiary/aromatic N) is 2. The zero-order valence-corrected chi connectivity index (χ0v) is 11.2. The zero-order chi connectivity index (χ0) is 13.0. The first kappa shape index (κ1) is 12.9. The van der Waals surface area contributed by atoms with Crippen LogP contribution in [0, 0.1) is 0 Å². The molecule has 0 atom stereocenters. The van der Waals surface area contributed by atoms with Crippen LogP contribution in [0.1, 0.15) is 38.8 Å². The van der Waals surface area contributed by atoms with Crippen molar-refractivity contribution in [1.29, 1.82) is 0 Å². The highest BCUT2D eigenvalue weighted by atomic mass is 15.1. The second-order valence-electron chi connectivity index (χ2n) is 5.57. The Balaban J connectivity index is 1.93. The van der Waals surface area contributed by atoms with Gasteiger partial charge in [-0.1, -0.05) is 19.9 Å². The lowest BCUT2D eigenvalue weighted by Gasteiger charge is -2.27. The predicted molar refractivity (Wildman–Crippen MR) is 74.5 cm³/mol. The molecule has 1 fully saturated rings. The highest BCUT2D eigenvalue weighted by Crippen LogP contribution is 2.21. The van der Waals surface area contributed by atoms with Gasteiger partial charge in [-0.25, -0.2) is 0 Å². The molecule has 0 unspecified atom stereocenters. The number of guanidine groups is 1. The van der Waals surface area contributed by atoms with Gasteiger partial charge in [-0.2, -0.15) is 0 Å². The van der Waals surface area contributed by atoms with Crippen LogP contribution in [0.5, 0.6) is 0 Å². The first-order valence-corrected chi connectivity index (χ1v) is 6.56. The van der Waals surface area contributed by atoms with Crippen LogP contribution in [0.25, 0.3) is 0 Å². The fourth-order valence-electron chi connectivity index (χ4n) is 1.93. The van der Waals surface area contributed by atoms with Crippen molar-refractivity contribution in [3.8, 4) is 0 Å². The summed E-state index contributed by atoms with van der Waals surface area (Å²) in [6, 6.07) is 6.50. The maximum atomic E-state index is 5.89. The highest BCUT2D eigenvalue weighted by Gasteiger charge is 2.22. The maximum absolute atomic E-state index is 5.89. The van der Waals surface area contributed by atoms with Crippen LogP contribution in [0.2, 0.25) is 0 Å². The molecule has 0 spiro atoms. The lowest BCUT2D eigenvalue weighted by molar-refractivity contribution is 0.381. The first-order valence-electron chi connectivity index (χ1n) is 6.56. The Morgan fingerprint density at radius 3 is 2.83 bits per heavy atom. The number of nitrogens with one attached hydrogen (secondary N) is 1. The molecule has 0 amide bonds. The van der Waals surface area contributed by atoms with Crippen LogP contribution in [-0.2, 0) is 5.41 Å². The molecule has 18 heavy (non-hydrogen) atoms. The molecule has 1 heterocycles. The number of nitrogens with two attached hydrogens (primary N) is 1. The van der Waals surface area contributed by atoms with Crippen molar-refractivity contribution in [2.45, 2.75) is 44.6 Å². The fourth-order valence-corrected chi connectivity index (χ4v) is 1.93. The van der Waals surface area contributed by atoms with E-state index in [0.717, 1.165) is 5.69 Å². The summed E-state index contributed by atoms with van der Waals surface area (Å²) >= 11 is 0. The number of hydrogen-bond donors (Lipinski definition) is 2. The van der Waals surface area contributed by atoms with Crippen molar-refractivity contribution in [2.24, 2.45) is 10.7 Å². The highest BCUT2D eigenvalue weighted by molar-refractivity contribution is 5.78. The molecular formula is C14H22N4. The summed E-state index contributed by atoms with van der Waals surface area (Å²) < 4.78 is 0. The van der Waals surface area contributed by atoms with Crippen LogP contribution in [0.3, 0.4) is 0 Å². The van der Waals surface area contributed by atoms with E-state index in [9.17, 15) is 0 Å². The topological polar surface area (TPSA) is 63.3 Å². The van der Waals surface area contributed by atoms with Crippen LogP contribution < -0.4 is 11.1 Å². The van der Waals surface area contributed by atoms with Crippen LogP contribution in [-0.4, -0.2) is 23.5 Å². The molecule has 0 aliphatic heterocycles. The van der Waals surface area contributed by atoms with E-state index in [1.165, 1.54) is 19.3 Å². The molecule has 1 saturated carbocycles. The van der Waals surface area contributed by atoms with Gasteiger partial charge in [0.15, 0.2) is 5.96 Å². The first-order chi connectivity index (χ1) is 8.58. The lowest BCUT2D eigenvalue weighted by Crippen LogP contribution is -2.44. The molecule has 0 aromatic carbocycles. The van der Waals surface area contributed by atoms with Crippen molar-refractivity contribution in [3.05, 3.63) is 30.1 Å². The number of pyridine rings is 1. The van der Waals surface area contributed by atoms with Crippen molar-refractivity contribution in [2.75, 3.05) is 6.54 Å². The Bertz CT molecular complexity index is 407. The number of aromatic nitrogens is 1. The summed E-state index contributed by atoms with van der Waals surface area (Å²) in [7, 11) is 0. The molecule has 4 heteroatoms. The van der Waals surface area contributed by atoms with Crippen LogP contribution >= 0.6 is 0 Å². The van der Waals surface area contributed by atoms with E-state index >= 15 is 0 Å². The minimum absolute atomic E-state index is 0.0901. The van der Waals surface area contributed by atoms with Crippen molar-refractivity contribution in [3.63, 3.8) is 0 Å². The maximum Gasteiger partial charge on any atom is 0.188 e. The fraction of sp³-hybridized carbons (Fsp3) is 0.571. The molecule has 0 saturated heterocycles. The Morgan fingerprint density at radius 1 is 1.50 bits per heavy atom. The smallest absolute Gasteiger partial charge is 0.188 e. The number of aliphatic imine (C=N–C) groups is 1. The van der Waals surface area contributed by atoms with Gasteiger partial charge < -0.3 is 11.1 Å². The Morgan fingerprint density at radius 2 is 2.28 bits per heavy atom. The van der Waals surface area contributed by atoms with Gasteiger partial charge in [-0.15, -0.1) is 0 Å². The van der Waals surface area contributed by atoms with Gasteiger partial charge in [0.1, 0.15) is 0 Å². The summed E-state index contributed by atoms with van der Waals surface area (Å²) in [5.41, 5.74) is 6.84. The van der Waals surface area contributed by atoms with E-state index in [-0.39, 0.29) is 5.41 Å². The normalized spacial score (nSPS) is 17.3. The van der Waals surface area contributed by atoms with Gasteiger partial charge in [0.05, 0.1) is 6.54 Å². The molecule has 1 aliphatic carbocycles. The van der Waals surface area contributed by atoms with Crippen molar-refractivity contribution < 1.29 is 0 Å². The summed E-state index contributed by atoms with van der Waals surface area (Å²) in [4.78, 5) is 8.82. The standard InChI is InChI=1S/C14H22N4/c1-14(2,12-8-3-4-9-16-12)10-17-13(15)18-11-6-5-7-11/h3-4,8-9,11H,5-7,10H2,1-2H3,(H3,15,17,18). The van der Waals surface area contributed by atoms with Gasteiger partial charge >= 0.3 is 0 Å². The monoisotopic (exact) mass is 246 g/mol. The SMILES string of the molecule is CC(C)(CN=C(N)NC1CCC1)c1ccccn1. The van der Waals surface area contributed by atoms with Gasteiger partial charge in [0.2, 0.25) is 0 Å². The van der Waals surface area contributed by atoms with E-state index in [1.54, 1.807) is 0 Å². The average Bonchev–Trinajstić information content (AvgIpc) is 2.33. The third-order valence-electron chi connectivity index (χ3n) is 3.46. The van der Waals surface area contributed by atoms with E-state index in [2.05, 4.69) is 29.1 Å². The van der Waals surface area contributed by atoms with E-state index < -0.39 is 0 Å². The molecule has 1 aromatic heterocycles. The molecule has 1 aliphatic rings. The van der Waals surface area contributed by atoms with Gasteiger partial charge in [-0.05, 0) is 31.4 Å². The van der Waals surface area contributed by atoms with Gasteiger partial charge in [0.25, 0.3) is 0 Å². The largest absolute Gasteiger partial charge is 0.370 e. The molecular weight excluding hydrogens is 224 g/mol. The molecule has 4 nitrogen and oxygen atoms in total. The minimum Gasteiger partial charge on any atom is -0.370 e. The summed E-state index contributed by atoms with van der Waals surface area (Å²) in [6.07, 6.45) is 5.53. The van der Waals surface area contributed by atoms with Crippen LogP contribution in [0.4, 0.5) is 0 Å². The second-order valence-corrected chi connectivity index (χ2v) is 5.57. The number of hydrogen-bond acceptors (Lipinski definition) is 2. The van der Waals surface area contributed by atoms with E-state index in [1.807, 2.05) is 24.4 Å². The number of rotatable bonds is 4. The van der Waals surface area contributed by atoms with E-state index in [0.29, 0.717) is 18.5 Å². The van der Waals surface area contributed by atoms with Crippen LogP contribution in [0.15, 0.2) is 29.4 Å². The molecule has 0 bridgehead atoms. The third kappa shape index (κ3) is 3.22. The Labute approximate surface area is 109 Å². The van der Waals surface area contributed by atoms with Gasteiger partial charge in [-0.3, -0.25) is 9.98 Å². The van der Waals surface area contributed by atoms with Gasteiger partial charge in [0, 0.05) is 23.3 Å². The van der Waals surface area contributed by atoms with Crippen molar-refractivity contribution in [1.82, 2.24) is 10.3 Å². The Hall–Kier alpha value is -1.58. The molecule has 2 rings (SSSR count). The summed E-state index contributed by atoms with van der Waals surface area (Å²) in [5.74, 6) is 0.559. The molecule has 98 valence electrons. The zero-order valence-electron chi connectivity index (χ0n) is 11.2. The average molecular weight is 246 g/mol. The Kier molecular flexibility index (Phi) is 3.84. The molecule has 0 radical (unpaired) electrons. The molecule has 3 N–H and O–H groups in total. The second kappa shape index (κ2) is 5.38. The van der Waals surface area contributed by atoms with E-state index in [4.69, 9.17) is 5.73 Å². The van der Waals surface area contributed by atoms with Crippen molar-refractivity contribution >= 4 is 5.96 Å². The minimum atomic E-state index is -0.0901. The third-order valence-corrected chi connectivity index (χ3v) is 3.46.